The van der Waals surface area contributed by atoms with Crippen molar-refractivity contribution in [2.24, 2.45) is 0 Å². The van der Waals surface area contributed by atoms with Crippen molar-refractivity contribution in [3.8, 4) is 12.3 Å². The average molecular weight is 529 g/mol. The second-order valence-corrected chi connectivity index (χ2v) is 9.96. The first-order valence-electron chi connectivity index (χ1n) is 13.0. The fraction of sp³-hybridized carbons (Fsp3) is 0.300. The van der Waals surface area contributed by atoms with Crippen LogP contribution in [0.4, 0.5) is 26.1 Å². The number of aryl methyl sites for hydroxylation is 1. The van der Waals surface area contributed by atoms with Crippen LogP contribution in [-0.2, 0) is 13.0 Å². The maximum atomic E-state index is 15.2. The second-order valence-electron chi connectivity index (χ2n) is 9.96. The lowest BCUT2D eigenvalue weighted by Crippen LogP contribution is -2.54. The molecule has 1 aliphatic rings. The summed E-state index contributed by atoms with van der Waals surface area (Å²) in [7, 11) is 0. The Bertz CT molecular complexity index is 1630. The highest BCUT2D eigenvalue weighted by Gasteiger charge is 2.23. The monoisotopic (exact) mass is 528 g/mol. The summed E-state index contributed by atoms with van der Waals surface area (Å²) in [5.41, 5.74) is 2.17. The average Bonchev–Trinajstić information content (AvgIpc) is 2.90. The lowest BCUT2D eigenvalue weighted by atomic mass is 10.0. The van der Waals surface area contributed by atoms with Crippen LogP contribution in [0.3, 0.4) is 0 Å². The van der Waals surface area contributed by atoms with Crippen LogP contribution in [0.5, 0.6) is 0 Å². The quantitative estimate of drug-likeness (QED) is 0.357. The topological polar surface area (TPSA) is 75.1 Å². The van der Waals surface area contributed by atoms with Crippen molar-refractivity contribution in [1.82, 2.24) is 19.9 Å². The zero-order chi connectivity index (χ0) is 27.7. The van der Waals surface area contributed by atoms with Crippen molar-refractivity contribution < 1.29 is 8.78 Å². The number of hydrogen-bond donors (Lipinski definition) is 2. The van der Waals surface area contributed by atoms with Crippen LogP contribution >= 0.6 is 0 Å². The van der Waals surface area contributed by atoms with Gasteiger partial charge in [0.1, 0.15) is 17.3 Å². The zero-order valence-electron chi connectivity index (χ0n) is 22.1. The first-order valence-corrected chi connectivity index (χ1v) is 13.0. The predicted molar refractivity (Wildman–Crippen MR) is 151 cm³/mol. The number of rotatable bonds is 6. The van der Waals surface area contributed by atoms with Crippen LogP contribution in [0.15, 0.2) is 53.5 Å². The fourth-order valence-corrected chi connectivity index (χ4v) is 5.23. The summed E-state index contributed by atoms with van der Waals surface area (Å²) >= 11 is 0. The molecular formula is C30H30F2N6O. The number of halogens is 2. The van der Waals surface area contributed by atoms with E-state index in [1.54, 1.807) is 24.3 Å². The molecule has 2 N–H and O–H groups in total. The summed E-state index contributed by atoms with van der Waals surface area (Å²) in [5.74, 6) is 1.82. The van der Waals surface area contributed by atoms with Gasteiger partial charge in [0.2, 0.25) is 5.95 Å². The van der Waals surface area contributed by atoms with E-state index < -0.39 is 11.4 Å². The normalized spacial score (nSPS) is 17.3. The molecule has 0 unspecified atom stereocenters. The van der Waals surface area contributed by atoms with Crippen LogP contribution in [0.2, 0.25) is 0 Å². The summed E-state index contributed by atoms with van der Waals surface area (Å²) in [6.07, 6.45) is 7.72. The number of pyridine rings is 1. The number of benzene rings is 2. The Morgan fingerprint density at radius 3 is 2.59 bits per heavy atom. The summed E-state index contributed by atoms with van der Waals surface area (Å²) in [6, 6.07) is 11.8. The van der Waals surface area contributed by atoms with Gasteiger partial charge in [-0.15, -0.1) is 6.42 Å². The minimum atomic E-state index is -0.449. The molecule has 0 aliphatic carbocycles. The van der Waals surface area contributed by atoms with E-state index in [0.717, 1.165) is 5.56 Å². The molecule has 2 aromatic carbocycles. The Morgan fingerprint density at radius 2 is 1.90 bits per heavy atom. The van der Waals surface area contributed by atoms with Gasteiger partial charge in [-0.1, -0.05) is 25.0 Å². The Kier molecular flexibility index (Phi) is 7.31. The van der Waals surface area contributed by atoms with Gasteiger partial charge in [0.05, 0.1) is 17.8 Å². The van der Waals surface area contributed by atoms with Crippen molar-refractivity contribution in [3.63, 3.8) is 0 Å². The molecule has 5 rings (SSSR count). The first kappa shape index (κ1) is 26.3. The SMILES string of the molecule is C#Cc1cc2cnc(Nc3ccc(N4C[C@@H](C)N[C@@H](C)C4)c(F)c3)nc2n(Cc2c(F)cccc2CC)c1=O. The van der Waals surface area contributed by atoms with Crippen molar-refractivity contribution in [1.29, 1.82) is 0 Å². The summed E-state index contributed by atoms with van der Waals surface area (Å²) in [4.78, 5) is 24.2. The van der Waals surface area contributed by atoms with Crippen molar-refractivity contribution in [3.05, 3.63) is 87.3 Å². The third kappa shape index (κ3) is 5.33. The second kappa shape index (κ2) is 10.8. The van der Waals surface area contributed by atoms with E-state index in [9.17, 15) is 9.18 Å². The molecule has 0 bridgehead atoms. The van der Waals surface area contributed by atoms with Gasteiger partial charge in [-0.25, -0.2) is 13.8 Å². The van der Waals surface area contributed by atoms with Crippen LogP contribution < -0.4 is 21.1 Å². The van der Waals surface area contributed by atoms with E-state index in [1.807, 2.05) is 17.9 Å². The van der Waals surface area contributed by atoms with Gasteiger partial charge in [-0.05, 0) is 56.2 Å². The third-order valence-corrected chi connectivity index (χ3v) is 7.00. The van der Waals surface area contributed by atoms with E-state index >= 15 is 4.39 Å². The molecule has 3 heterocycles. The van der Waals surface area contributed by atoms with Gasteiger partial charge in [0.15, 0.2) is 0 Å². The highest BCUT2D eigenvalue weighted by molar-refractivity contribution is 5.77. The Hall–Kier alpha value is -4.29. The van der Waals surface area contributed by atoms with Crippen LogP contribution in [0.1, 0.15) is 37.5 Å². The number of nitrogens with one attached hydrogen (secondary N) is 2. The van der Waals surface area contributed by atoms with E-state index in [-0.39, 0.29) is 36.0 Å². The molecule has 4 aromatic rings. The minimum absolute atomic E-state index is 0.0397. The van der Waals surface area contributed by atoms with Crippen LogP contribution in [-0.4, -0.2) is 39.7 Å². The molecule has 200 valence electrons. The lowest BCUT2D eigenvalue weighted by Gasteiger charge is -2.37. The van der Waals surface area contributed by atoms with Crippen molar-refractivity contribution in [2.45, 2.75) is 45.8 Å². The van der Waals surface area contributed by atoms with Gasteiger partial charge in [0.25, 0.3) is 5.56 Å². The van der Waals surface area contributed by atoms with E-state index in [4.69, 9.17) is 6.42 Å². The number of aromatic nitrogens is 3. The fourth-order valence-electron chi connectivity index (χ4n) is 5.23. The molecular weight excluding hydrogens is 498 g/mol. The molecule has 0 spiro atoms. The standard InChI is InChI=1S/C30H30F2N6O/c1-5-20-8-7-9-25(31)24(20)17-38-28-22(12-21(6-2)29(38)39)14-33-30(36-28)35-23-10-11-27(26(32)13-23)37-15-18(3)34-19(4)16-37/h2,7-14,18-19,34H,5,15-17H2,1,3-4H3,(H,33,35,36)/t18-,19+. The minimum Gasteiger partial charge on any atom is -0.366 e. The highest BCUT2D eigenvalue weighted by Crippen LogP contribution is 2.26. The first-order chi connectivity index (χ1) is 18.8. The maximum Gasteiger partial charge on any atom is 0.268 e. The predicted octanol–water partition coefficient (Wildman–Crippen LogP) is 4.59. The number of nitrogens with zero attached hydrogens (tertiary/aromatic N) is 4. The number of hydrogen-bond acceptors (Lipinski definition) is 6. The van der Waals surface area contributed by atoms with Gasteiger partial charge < -0.3 is 15.5 Å². The largest absolute Gasteiger partial charge is 0.366 e. The van der Waals surface area contributed by atoms with Gasteiger partial charge in [-0.3, -0.25) is 9.36 Å². The number of terminal acetylenes is 1. The molecule has 0 amide bonds. The Morgan fingerprint density at radius 1 is 1.13 bits per heavy atom. The molecule has 2 aromatic heterocycles. The summed E-state index contributed by atoms with van der Waals surface area (Å²) in [5, 5.41) is 7.02. The van der Waals surface area contributed by atoms with Crippen LogP contribution in [0, 0.1) is 24.0 Å². The lowest BCUT2D eigenvalue weighted by molar-refractivity contribution is 0.404. The molecule has 2 atom stereocenters. The maximum absolute atomic E-state index is 15.2. The molecule has 1 saturated heterocycles. The molecule has 0 radical (unpaired) electrons. The summed E-state index contributed by atoms with van der Waals surface area (Å²) in [6.45, 7) is 7.46. The van der Waals surface area contributed by atoms with Crippen molar-refractivity contribution >= 4 is 28.4 Å². The molecule has 1 aliphatic heterocycles. The summed E-state index contributed by atoms with van der Waals surface area (Å²) < 4.78 is 31.3. The molecule has 1 fully saturated rings. The number of fused-ring (bicyclic) bond motifs is 1. The molecule has 0 saturated carbocycles. The smallest absolute Gasteiger partial charge is 0.268 e. The van der Waals surface area contributed by atoms with Crippen molar-refractivity contribution in [2.75, 3.05) is 23.3 Å². The third-order valence-electron chi connectivity index (χ3n) is 7.00. The van der Waals surface area contributed by atoms with E-state index in [0.29, 0.717) is 47.5 Å². The number of anilines is 3. The molecule has 9 heteroatoms. The van der Waals surface area contributed by atoms with Gasteiger partial charge >= 0.3 is 0 Å². The van der Waals surface area contributed by atoms with E-state index in [2.05, 4.69) is 40.4 Å². The van der Waals surface area contributed by atoms with Gasteiger partial charge in [-0.2, -0.15) is 4.98 Å². The Balaban J connectivity index is 1.50. The zero-order valence-corrected chi connectivity index (χ0v) is 22.1. The van der Waals surface area contributed by atoms with E-state index in [1.165, 1.54) is 22.9 Å². The molecule has 39 heavy (non-hydrogen) atoms. The highest BCUT2D eigenvalue weighted by atomic mass is 19.1. The number of piperazine rings is 1. The van der Waals surface area contributed by atoms with Gasteiger partial charge in [0, 0.05) is 48.0 Å². The Labute approximate surface area is 225 Å². The van der Waals surface area contributed by atoms with Crippen LogP contribution in [0.25, 0.3) is 11.0 Å². The molecule has 7 nitrogen and oxygen atoms in total.